The predicted octanol–water partition coefficient (Wildman–Crippen LogP) is 10.2. The quantitative estimate of drug-likeness (QED) is 0.0595. The molecule has 4 heteroatoms. The molecule has 0 saturated carbocycles. The van der Waals surface area contributed by atoms with Gasteiger partial charge in [-0.25, -0.2) is 0 Å². The van der Waals surface area contributed by atoms with Crippen molar-refractivity contribution in [3.8, 4) is 0 Å². The van der Waals surface area contributed by atoms with Crippen LogP contribution < -0.4 is 5.32 Å². The van der Waals surface area contributed by atoms with Gasteiger partial charge in [-0.3, -0.25) is 4.79 Å². The van der Waals surface area contributed by atoms with Crippen molar-refractivity contribution in [2.24, 2.45) is 0 Å². The van der Waals surface area contributed by atoms with Gasteiger partial charge in [-0.15, -0.1) is 0 Å². The van der Waals surface area contributed by atoms with Crippen LogP contribution in [0, 0.1) is 0 Å². The summed E-state index contributed by atoms with van der Waals surface area (Å²) in [4.78, 5) is 12.3. The van der Waals surface area contributed by atoms with Crippen molar-refractivity contribution >= 4 is 5.91 Å². The van der Waals surface area contributed by atoms with Crippen molar-refractivity contribution in [2.45, 2.75) is 148 Å². The van der Waals surface area contributed by atoms with Crippen LogP contribution in [-0.4, -0.2) is 34.9 Å². The summed E-state index contributed by atoms with van der Waals surface area (Å²) in [6, 6.07) is -0.661. The van der Waals surface area contributed by atoms with E-state index in [9.17, 15) is 15.0 Å². The average Bonchev–Trinajstić information content (AvgIpc) is 3.01. The first-order valence-electron chi connectivity index (χ1n) is 17.3. The van der Waals surface area contributed by atoms with Crippen LogP contribution in [0.2, 0.25) is 0 Å². The minimum atomic E-state index is -0.883. The van der Waals surface area contributed by atoms with E-state index in [1.165, 1.54) is 32.1 Å². The van der Waals surface area contributed by atoms with Crippen LogP contribution in [-0.2, 0) is 4.79 Å². The number of rotatable bonds is 29. The molecule has 0 spiro atoms. The Bertz CT molecular complexity index is 818. The monoisotopic (exact) mass is 595 g/mol. The Morgan fingerprint density at radius 2 is 1.05 bits per heavy atom. The lowest BCUT2D eigenvalue weighted by Gasteiger charge is -2.19. The summed E-state index contributed by atoms with van der Waals surface area (Å²) in [6.07, 6.45) is 49.4. The van der Waals surface area contributed by atoms with Gasteiger partial charge in [0.15, 0.2) is 0 Å². The third kappa shape index (κ3) is 30.8. The summed E-state index contributed by atoms with van der Waals surface area (Å²) >= 11 is 0. The fourth-order valence-electron chi connectivity index (χ4n) is 4.43. The number of carbonyl (C=O) groups is 1. The smallest absolute Gasteiger partial charge is 0.220 e. The summed E-state index contributed by atoms with van der Waals surface area (Å²) in [5, 5.41) is 22.8. The number of aliphatic hydroxyl groups excluding tert-OH is 2. The number of aliphatic hydroxyl groups is 2. The van der Waals surface area contributed by atoms with Gasteiger partial charge < -0.3 is 15.5 Å². The minimum absolute atomic E-state index is 0.108. The van der Waals surface area contributed by atoms with E-state index in [1.807, 2.05) is 6.08 Å². The number of unbranched alkanes of at least 4 members (excludes halogenated alkanes) is 10. The van der Waals surface area contributed by atoms with Crippen LogP contribution in [0.4, 0.5) is 0 Å². The van der Waals surface area contributed by atoms with E-state index >= 15 is 0 Å². The summed E-state index contributed by atoms with van der Waals surface area (Å²) < 4.78 is 0. The molecule has 4 nitrogen and oxygen atoms in total. The maximum Gasteiger partial charge on any atom is 0.220 e. The van der Waals surface area contributed by atoms with Gasteiger partial charge in [-0.2, -0.15) is 0 Å². The largest absolute Gasteiger partial charge is 0.394 e. The molecule has 1 amide bonds. The minimum Gasteiger partial charge on any atom is -0.394 e. The van der Waals surface area contributed by atoms with Gasteiger partial charge >= 0.3 is 0 Å². The maximum atomic E-state index is 12.3. The summed E-state index contributed by atoms with van der Waals surface area (Å²) in [6.45, 7) is 4.11. The number of hydrogen-bond acceptors (Lipinski definition) is 3. The first-order valence-corrected chi connectivity index (χ1v) is 17.3. The molecule has 0 saturated heterocycles. The summed E-state index contributed by atoms with van der Waals surface area (Å²) in [7, 11) is 0. The van der Waals surface area contributed by atoms with Gasteiger partial charge in [0.1, 0.15) is 0 Å². The van der Waals surface area contributed by atoms with E-state index in [2.05, 4.69) is 92.1 Å². The van der Waals surface area contributed by atoms with Crippen molar-refractivity contribution in [2.75, 3.05) is 6.61 Å². The standard InChI is InChI=1S/C39H65NO3/c1-3-5-7-9-11-13-15-17-19-20-21-23-25-27-29-31-33-35-39(43)40-37(36-41)38(42)34-32-30-28-26-24-22-18-16-14-12-10-8-6-4-2/h5,7,11,13-14,16-17,19,21,23-24,26,32,34,37-38,41-42H,3-4,6,8-10,12,15,18,20,22,25,27-31,33,35-36H2,1-2H3,(H,40,43)/b7-5-,13-11-,16-14+,19-17-,23-21-,26-24+,34-32+. The molecule has 3 N–H and O–H groups in total. The molecule has 0 aliphatic heterocycles. The zero-order valence-corrected chi connectivity index (χ0v) is 27.7. The van der Waals surface area contributed by atoms with Gasteiger partial charge in [0.05, 0.1) is 18.8 Å². The highest BCUT2D eigenvalue weighted by Gasteiger charge is 2.17. The first-order chi connectivity index (χ1) is 21.2. The van der Waals surface area contributed by atoms with Crippen molar-refractivity contribution in [3.63, 3.8) is 0 Å². The number of hydrogen-bond donors (Lipinski definition) is 3. The molecule has 0 rings (SSSR count). The highest BCUT2D eigenvalue weighted by atomic mass is 16.3. The fourth-order valence-corrected chi connectivity index (χ4v) is 4.43. The molecule has 0 aliphatic carbocycles. The Morgan fingerprint density at radius 3 is 1.60 bits per heavy atom. The lowest BCUT2D eigenvalue weighted by atomic mass is 10.1. The Kier molecular flexibility index (Phi) is 32.1. The van der Waals surface area contributed by atoms with Crippen molar-refractivity contribution in [1.29, 1.82) is 0 Å². The molecule has 2 unspecified atom stereocenters. The topological polar surface area (TPSA) is 69.6 Å². The second-order valence-corrected chi connectivity index (χ2v) is 11.2. The lowest BCUT2D eigenvalue weighted by Crippen LogP contribution is -2.45. The van der Waals surface area contributed by atoms with Gasteiger partial charge in [0.25, 0.3) is 0 Å². The SMILES string of the molecule is CC/C=C\C/C=C\C/C=C\C/C=C\CCCCCCC(=O)NC(CO)C(O)/C=C/CC/C=C/CC/C=C/CCCCCC. The third-order valence-corrected chi connectivity index (χ3v) is 7.09. The van der Waals surface area contributed by atoms with E-state index in [0.717, 1.165) is 83.5 Å². The van der Waals surface area contributed by atoms with Crippen LogP contribution in [0.25, 0.3) is 0 Å². The van der Waals surface area contributed by atoms with Crippen LogP contribution in [0.15, 0.2) is 85.1 Å². The molecular weight excluding hydrogens is 530 g/mol. The second-order valence-electron chi connectivity index (χ2n) is 11.2. The van der Waals surface area contributed by atoms with E-state index < -0.39 is 12.1 Å². The molecule has 0 aromatic rings. The molecule has 0 radical (unpaired) electrons. The molecule has 2 atom stereocenters. The van der Waals surface area contributed by atoms with Crippen molar-refractivity contribution in [1.82, 2.24) is 5.32 Å². The van der Waals surface area contributed by atoms with Crippen LogP contribution in [0.1, 0.15) is 136 Å². The predicted molar refractivity (Wildman–Crippen MR) is 188 cm³/mol. The van der Waals surface area contributed by atoms with Gasteiger partial charge in [-0.1, -0.05) is 131 Å². The van der Waals surface area contributed by atoms with E-state index in [4.69, 9.17) is 0 Å². The zero-order valence-electron chi connectivity index (χ0n) is 27.7. The molecule has 0 bridgehead atoms. The van der Waals surface area contributed by atoms with Crippen LogP contribution in [0.5, 0.6) is 0 Å². The first kappa shape index (κ1) is 40.6. The third-order valence-electron chi connectivity index (χ3n) is 7.09. The summed E-state index contributed by atoms with van der Waals surface area (Å²) in [5.41, 5.74) is 0. The zero-order chi connectivity index (χ0) is 31.5. The molecule has 43 heavy (non-hydrogen) atoms. The van der Waals surface area contributed by atoms with E-state index in [1.54, 1.807) is 6.08 Å². The molecule has 244 valence electrons. The fraction of sp³-hybridized carbons (Fsp3) is 0.615. The molecule has 0 heterocycles. The highest BCUT2D eigenvalue weighted by Crippen LogP contribution is 2.08. The Balaban J connectivity index is 3.82. The van der Waals surface area contributed by atoms with Crippen LogP contribution in [0.3, 0.4) is 0 Å². The van der Waals surface area contributed by atoms with E-state index in [0.29, 0.717) is 6.42 Å². The molecule has 0 aromatic heterocycles. The highest BCUT2D eigenvalue weighted by molar-refractivity contribution is 5.76. The molecule has 0 fully saturated rings. The number of allylic oxidation sites excluding steroid dienone is 13. The summed E-state index contributed by atoms with van der Waals surface area (Å²) in [5.74, 6) is -0.108. The molecule has 0 aliphatic rings. The average molecular weight is 596 g/mol. The van der Waals surface area contributed by atoms with Crippen LogP contribution >= 0.6 is 0 Å². The maximum absolute atomic E-state index is 12.3. The van der Waals surface area contributed by atoms with Gasteiger partial charge in [0, 0.05) is 6.42 Å². The van der Waals surface area contributed by atoms with Crippen molar-refractivity contribution < 1.29 is 15.0 Å². The van der Waals surface area contributed by atoms with E-state index in [-0.39, 0.29) is 12.5 Å². The molecular formula is C39H65NO3. The lowest BCUT2D eigenvalue weighted by molar-refractivity contribution is -0.123. The number of carbonyl (C=O) groups excluding carboxylic acids is 1. The van der Waals surface area contributed by atoms with Gasteiger partial charge in [0.2, 0.25) is 5.91 Å². The second kappa shape index (κ2) is 34.1. The number of amides is 1. The normalized spacial score (nSPS) is 14.2. The Morgan fingerprint density at radius 1 is 0.581 bits per heavy atom. The van der Waals surface area contributed by atoms with Gasteiger partial charge in [-0.05, 0) is 83.5 Å². The Hall–Kier alpha value is -2.43. The molecule has 0 aromatic carbocycles. The number of nitrogens with one attached hydrogen (secondary N) is 1. The van der Waals surface area contributed by atoms with Crippen molar-refractivity contribution in [3.05, 3.63) is 85.1 Å². The Labute approximate surface area is 265 Å².